The Labute approximate surface area is 265 Å². The molecule has 0 saturated heterocycles. The highest BCUT2D eigenvalue weighted by Gasteiger charge is 2.20. The summed E-state index contributed by atoms with van der Waals surface area (Å²) < 4.78 is 8.45. The number of carbonyl (C=O) groups is 1. The maximum absolute atomic E-state index is 13.9. The molecule has 0 aliphatic carbocycles. The second kappa shape index (κ2) is 12.3. The lowest BCUT2D eigenvalue weighted by Crippen LogP contribution is -2.20. The van der Waals surface area contributed by atoms with Gasteiger partial charge in [-0.3, -0.25) is 4.79 Å². The van der Waals surface area contributed by atoms with E-state index in [-0.39, 0.29) is 5.56 Å². The van der Waals surface area contributed by atoms with Gasteiger partial charge in [0, 0.05) is 16.8 Å². The van der Waals surface area contributed by atoms with Crippen LogP contribution in [0, 0.1) is 0 Å². The number of ether oxygens (including phenoxy) is 1. The zero-order chi connectivity index (χ0) is 31.5. The summed E-state index contributed by atoms with van der Waals surface area (Å²) in [7, 11) is 1.37. The van der Waals surface area contributed by atoms with Crippen molar-refractivity contribution in [1.82, 2.24) is 14.2 Å². The lowest BCUT2D eigenvalue weighted by Gasteiger charge is -2.15. The molecule has 7 rings (SSSR count). The molecule has 0 amide bonds. The first kappa shape index (κ1) is 28.4. The highest BCUT2D eigenvalue weighted by Crippen LogP contribution is 2.35. The van der Waals surface area contributed by atoms with Crippen LogP contribution in [0.4, 0.5) is 0 Å². The Kier molecular flexibility index (Phi) is 7.63. The second-order valence-corrected chi connectivity index (χ2v) is 10.6. The van der Waals surface area contributed by atoms with Crippen molar-refractivity contribution >= 4 is 23.1 Å². The summed E-state index contributed by atoms with van der Waals surface area (Å²) in [4.78, 5) is 31.0. The standard InChI is InChI=1S/C39H28N4O3/c1-46-39(45)30-21-23-32(24-22-30)42-35(27-13-5-2-6-14-27)25-31(36(42)28-15-7-3-8-16-28)26-40-43-37(29-17-9-4-10-18-29)41-34-20-12-11-19-33(34)38(43)44/h2-26H,1H3. The predicted molar refractivity (Wildman–Crippen MR) is 182 cm³/mol. The first-order valence-corrected chi connectivity index (χ1v) is 14.8. The molecule has 0 unspecified atom stereocenters. The van der Waals surface area contributed by atoms with Crippen LogP contribution in [-0.4, -0.2) is 33.5 Å². The van der Waals surface area contributed by atoms with Gasteiger partial charge in [0.25, 0.3) is 5.56 Å². The fourth-order valence-corrected chi connectivity index (χ4v) is 5.60. The molecule has 222 valence electrons. The summed E-state index contributed by atoms with van der Waals surface area (Å²) >= 11 is 0. The Balaban J connectivity index is 1.48. The summed E-state index contributed by atoms with van der Waals surface area (Å²) in [6, 6.07) is 46.4. The van der Waals surface area contributed by atoms with Crippen LogP contribution in [-0.2, 0) is 4.74 Å². The number of carbonyl (C=O) groups excluding carboxylic acids is 1. The van der Waals surface area contributed by atoms with E-state index in [9.17, 15) is 9.59 Å². The predicted octanol–water partition coefficient (Wildman–Crippen LogP) is 7.86. The van der Waals surface area contributed by atoms with Gasteiger partial charge in [-0.15, -0.1) is 0 Å². The average molecular weight is 601 g/mol. The summed E-state index contributed by atoms with van der Waals surface area (Å²) in [5.41, 5.74) is 6.95. The average Bonchev–Trinajstić information content (AvgIpc) is 3.51. The molecular weight excluding hydrogens is 572 g/mol. The van der Waals surface area contributed by atoms with Crippen molar-refractivity contribution in [2.45, 2.75) is 0 Å². The van der Waals surface area contributed by atoms with Crippen molar-refractivity contribution < 1.29 is 9.53 Å². The molecule has 0 N–H and O–H groups in total. The van der Waals surface area contributed by atoms with E-state index in [4.69, 9.17) is 14.8 Å². The zero-order valence-electron chi connectivity index (χ0n) is 24.9. The van der Waals surface area contributed by atoms with Crippen LogP contribution in [0.2, 0.25) is 0 Å². The number of aromatic nitrogens is 3. The van der Waals surface area contributed by atoms with Crippen molar-refractivity contribution in [2.75, 3.05) is 7.11 Å². The Bertz CT molecular complexity index is 2260. The smallest absolute Gasteiger partial charge is 0.337 e. The molecule has 7 heteroatoms. The number of hydrogen-bond donors (Lipinski definition) is 0. The lowest BCUT2D eigenvalue weighted by molar-refractivity contribution is 0.0600. The highest BCUT2D eigenvalue weighted by atomic mass is 16.5. The molecule has 0 atom stereocenters. The van der Waals surface area contributed by atoms with Gasteiger partial charge in [0.2, 0.25) is 0 Å². The number of benzene rings is 5. The van der Waals surface area contributed by atoms with Gasteiger partial charge in [0.15, 0.2) is 5.82 Å². The highest BCUT2D eigenvalue weighted by molar-refractivity contribution is 5.94. The summed E-state index contributed by atoms with van der Waals surface area (Å²) in [5, 5.41) is 5.30. The summed E-state index contributed by atoms with van der Waals surface area (Å²) in [6.45, 7) is 0. The lowest BCUT2D eigenvalue weighted by atomic mass is 10.1. The Morgan fingerprint density at radius 1 is 0.717 bits per heavy atom. The second-order valence-electron chi connectivity index (χ2n) is 10.6. The fourth-order valence-electron chi connectivity index (χ4n) is 5.60. The maximum Gasteiger partial charge on any atom is 0.337 e. The normalized spacial score (nSPS) is 11.2. The molecule has 0 spiro atoms. The van der Waals surface area contributed by atoms with E-state index in [1.54, 1.807) is 24.4 Å². The number of rotatable bonds is 7. The van der Waals surface area contributed by atoms with Crippen LogP contribution < -0.4 is 5.56 Å². The number of esters is 1. The summed E-state index contributed by atoms with van der Waals surface area (Å²) in [6.07, 6.45) is 1.72. The van der Waals surface area contributed by atoms with Gasteiger partial charge in [0.1, 0.15) is 0 Å². The van der Waals surface area contributed by atoms with E-state index in [2.05, 4.69) is 22.8 Å². The Morgan fingerprint density at radius 2 is 1.30 bits per heavy atom. The first-order valence-electron chi connectivity index (χ1n) is 14.8. The minimum Gasteiger partial charge on any atom is -0.465 e. The third-order valence-electron chi connectivity index (χ3n) is 7.79. The van der Waals surface area contributed by atoms with Crippen LogP contribution in [0.1, 0.15) is 15.9 Å². The number of nitrogens with zero attached hydrogens (tertiary/aromatic N) is 4. The third kappa shape index (κ3) is 5.31. The molecule has 0 fully saturated rings. The largest absolute Gasteiger partial charge is 0.465 e. The van der Waals surface area contributed by atoms with E-state index in [0.29, 0.717) is 22.3 Å². The molecule has 0 radical (unpaired) electrons. The molecule has 5 aromatic carbocycles. The van der Waals surface area contributed by atoms with Crippen molar-refractivity contribution in [2.24, 2.45) is 5.10 Å². The number of para-hydroxylation sites is 1. The maximum atomic E-state index is 13.9. The minimum absolute atomic E-state index is 0.261. The number of hydrogen-bond acceptors (Lipinski definition) is 5. The molecule has 2 aromatic heterocycles. The van der Waals surface area contributed by atoms with Crippen LogP contribution in [0.15, 0.2) is 155 Å². The molecule has 0 aliphatic rings. The molecular formula is C39H28N4O3. The Morgan fingerprint density at radius 3 is 1.96 bits per heavy atom. The monoisotopic (exact) mass is 600 g/mol. The van der Waals surface area contributed by atoms with Crippen LogP contribution >= 0.6 is 0 Å². The quantitative estimate of drug-likeness (QED) is 0.138. The van der Waals surface area contributed by atoms with Gasteiger partial charge in [0.05, 0.1) is 41.2 Å². The SMILES string of the molecule is COC(=O)c1ccc(-n2c(-c3ccccc3)cc(C=Nn3c(-c4ccccc4)nc4ccccc4c3=O)c2-c2ccccc2)cc1. The van der Waals surface area contributed by atoms with Gasteiger partial charge >= 0.3 is 5.97 Å². The van der Waals surface area contributed by atoms with E-state index in [1.165, 1.54) is 11.8 Å². The molecule has 46 heavy (non-hydrogen) atoms. The first-order chi connectivity index (χ1) is 22.6. The molecule has 0 bridgehead atoms. The van der Waals surface area contributed by atoms with E-state index >= 15 is 0 Å². The molecule has 7 aromatic rings. The van der Waals surface area contributed by atoms with Gasteiger partial charge in [-0.1, -0.05) is 103 Å². The van der Waals surface area contributed by atoms with Gasteiger partial charge in [-0.2, -0.15) is 9.78 Å². The van der Waals surface area contributed by atoms with Crippen LogP contribution in [0.25, 0.3) is 50.5 Å². The topological polar surface area (TPSA) is 78.5 Å². The van der Waals surface area contributed by atoms with Gasteiger partial charge in [-0.05, 0) is 53.6 Å². The van der Waals surface area contributed by atoms with Crippen molar-refractivity contribution in [3.63, 3.8) is 0 Å². The zero-order valence-corrected chi connectivity index (χ0v) is 24.9. The molecule has 0 aliphatic heterocycles. The Hall–Kier alpha value is -6.34. The van der Waals surface area contributed by atoms with Crippen LogP contribution in [0.5, 0.6) is 0 Å². The van der Waals surface area contributed by atoms with Gasteiger partial charge in [-0.25, -0.2) is 9.78 Å². The molecule has 7 nitrogen and oxygen atoms in total. The fraction of sp³-hybridized carbons (Fsp3) is 0.0256. The van der Waals surface area contributed by atoms with Crippen molar-refractivity contribution in [3.05, 3.63) is 167 Å². The van der Waals surface area contributed by atoms with Gasteiger partial charge < -0.3 is 9.30 Å². The van der Waals surface area contributed by atoms with Crippen LogP contribution in [0.3, 0.4) is 0 Å². The van der Waals surface area contributed by atoms with E-state index < -0.39 is 5.97 Å². The van der Waals surface area contributed by atoms with E-state index in [1.807, 2.05) is 109 Å². The summed E-state index contributed by atoms with van der Waals surface area (Å²) in [5.74, 6) is 0.0463. The minimum atomic E-state index is -0.401. The number of methoxy groups -OCH3 is 1. The van der Waals surface area contributed by atoms with E-state index in [0.717, 1.165) is 39.3 Å². The third-order valence-corrected chi connectivity index (χ3v) is 7.79. The van der Waals surface area contributed by atoms with Crippen molar-refractivity contribution in [3.8, 4) is 39.6 Å². The molecule has 2 heterocycles. The number of fused-ring (bicyclic) bond motifs is 1. The van der Waals surface area contributed by atoms with Crippen molar-refractivity contribution in [1.29, 1.82) is 0 Å². The molecule has 0 saturated carbocycles.